The number of hydrogen-bond donors (Lipinski definition) is 2. The van der Waals surface area contributed by atoms with Gasteiger partial charge in [0.15, 0.2) is 0 Å². The van der Waals surface area contributed by atoms with Gasteiger partial charge in [0.2, 0.25) is 0 Å². The summed E-state index contributed by atoms with van der Waals surface area (Å²) in [5, 5.41) is 3.18. The number of hydrogen-bond acceptors (Lipinski definition) is 2. The van der Waals surface area contributed by atoms with Gasteiger partial charge in [-0.3, -0.25) is 0 Å². The van der Waals surface area contributed by atoms with Crippen LogP contribution >= 0.6 is 0 Å². The van der Waals surface area contributed by atoms with Gasteiger partial charge in [-0.25, -0.2) is 0 Å². The lowest BCUT2D eigenvalue weighted by Gasteiger charge is -2.31. The third-order valence-corrected chi connectivity index (χ3v) is 2.63. The number of nitrogens with one attached hydrogen (secondary N) is 1. The maximum absolute atomic E-state index is 6.22. The first-order valence-corrected chi connectivity index (χ1v) is 5.03. The maximum atomic E-state index is 6.22. The Labute approximate surface area is 86.5 Å². The number of nitrogens with two attached hydrogens (primary N) is 1. The van der Waals surface area contributed by atoms with Crippen LogP contribution < -0.4 is 11.1 Å². The van der Waals surface area contributed by atoms with Crippen molar-refractivity contribution in [1.82, 2.24) is 5.32 Å². The predicted octanol–water partition coefficient (Wildman–Crippen LogP) is 1.93. The van der Waals surface area contributed by atoms with E-state index >= 15 is 0 Å². The lowest BCUT2D eigenvalue weighted by Crippen LogP contribution is -2.37. The molecule has 1 unspecified atom stereocenters. The van der Waals surface area contributed by atoms with Gasteiger partial charge < -0.3 is 11.1 Å². The largest absolute Gasteiger partial charge is 0.323 e. The minimum Gasteiger partial charge on any atom is -0.323 e. The van der Waals surface area contributed by atoms with Gasteiger partial charge in [-0.2, -0.15) is 0 Å². The van der Waals surface area contributed by atoms with Crippen LogP contribution in [0, 0.1) is 5.41 Å². The average Bonchev–Trinajstić information content (AvgIpc) is 2.18. The van der Waals surface area contributed by atoms with E-state index in [0.29, 0.717) is 0 Å². The smallest absolute Gasteiger partial charge is 0.0358 e. The van der Waals surface area contributed by atoms with Crippen molar-refractivity contribution in [3.63, 3.8) is 0 Å². The molecule has 0 bridgehead atoms. The standard InChI is InChI=1S/C12H20N2/c1-12(2,9-14-3)11(13)10-7-5-4-6-8-10/h4-8,11,14H,9,13H2,1-3H3. The number of benzene rings is 1. The van der Waals surface area contributed by atoms with E-state index in [1.54, 1.807) is 0 Å². The quantitative estimate of drug-likeness (QED) is 0.765. The zero-order valence-corrected chi connectivity index (χ0v) is 9.25. The molecule has 1 aromatic rings. The van der Waals surface area contributed by atoms with Gasteiger partial charge in [-0.15, -0.1) is 0 Å². The lowest BCUT2D eigenvalue weighted by molar-refractivity contribution is 0.282. The molecule has 2 nitrogen and oxygen atoms in total. The van der Waals surface area contributed by atoms with Crippen LogP contribution in [0.5, 0.6) is 0 Å². The summed E-state index contributed by atoms with van der Waals surface area (Å²) in [6, 6.07) is 10.3. The molecule has 0 aliphatic heterocycles. The van der Waals surface area contributed by atoms with Gasteiger partial charge in [0.05, 0.1) is 0 Å². The van der Waals surface area contributed by atoms with E-state index in [1.807, 2.05) is 25.2 Å². The van der Waals surface area contributed by atoms with Crippen LogP contribution in [-0.4, -0.2) is 13.6 Å². The molecule has 0 aliphatic rings. The summed E-state index contributed by atoms with van der Waals surface area (Å²) in [5.74, 6) is 0. The first-order chi connectivity index (χ1) is 6.58. The topological polar surface area (TPSA) is 38.0 Å². The van der Waals surface area contributed by atoms with Crippen LogP contribution in [-0.2, 0) is 0 Å². The van der Waals surface area contributed by atoms with Crippen LogP contribution in [0.1, 0.15) is 25.5 Å². The highest BCUT2D eigenvalue weighted by atomic mass is 14.8. The Balaban J connectivity index is 2.79. The van der Waals surface area contributed by atoms with Gasteiger partial charge in [-0.05, 0) is 18.0 Å². The van der Waals surface area contributed by atoms with Gasteiger partial charge >= 0.3 is 0 Å². The molecule has 0 radical (unpaired) electrons. The van der Waals surface area contributed by atoms with Gasteiger partial charge in [0.25, 0.3) is 0 Å². The van der Waals surface area contributed by atoms with E-state index in [1.165, 1.54) is 5.56 Å². The Morgan fingerprint density at radius 3 is 2.36 bits per heavy atom. The molecule has 3 N–H and O–H groups in total. The second-order valence-electron chi connectivity index (χ2n) is 4.41. The second-order valence-corrected chi connectivity index (χ2v) is 4.41. The van der Waals surface area contributed by atoms with E-state index < -0.39 is 0 Å². The van der Waals surface area contributed by atoms with Crippen molar-refractivity contribution in [1.29, 1.82) is 0 Å². The monoisotopic (exact) mass is 192 g/mol. The molecule has 0 spiro atoms. The molecule has 0 aliphatic carbocycles. The highest BCUT2D eigenvalue weighted by Crippen LogP contribution is 2.30. The SMILES string of the molecule is CNCC(C)(C)C(N)c1ccccc1. The Kier molecular flexibility index (Phi) is 3.67. The summed E-state index contributed by atoms with van der Waals surface area (Å²) in [7, 11) is 1.96. The molecule has 1 rings (SSSR count). The molecule has 0 saturated heterocycles. The molecular weight excluding hydrogens is 172 g/mol. The zero-order chi connectivity index (χ0) is 10.6. The molecule has 2 heteroatoms. The van der Waals surface area contributed by atoms with E-state index in [4.69, 9.17) is 5.73 Å². The molecule has 14 heavy (non-hydrogen) atoms. The van der Waals surface area contributed by atoms with Crippen LogP contribution in [0.15, 0.2) is 30.3 Å². The maximum Gasteiger partial charge on any atom is 0.0358 e. The minimum absolute atomic E-state index is 0.0795. The summed E-state index contributed by atoms with van der Waals surface area (Å²) in [5.41, 5.74) is 7.50. The summed E-state index contributed by atoms with van der Waals surface area (Å²) in [6.45, 7) is 5.28. The summed E-state index contributed by atoms with van der Waals surface area (Å²) in [4.78, 5) is 0. The van der Waals surface area contributed by atoms with Crippen molar-refractivity contribution in [3.8, 4) is 0 Å². The average molecular weight is 192 g/mol. The molecule has 1 aromatic carbocycles. The van der Waals surface area contributed by atoms with Crippen molar-refractivity contribution in [2.45, 2.75) is 19.9 Å². The highest BCUT2D eigenvalue weighted by Gasteiger charge is 2.26. The Hall–Kier alpha value is -0.860. The first kappa shape index (κ1) is 11.2. The normalized spacial score (nSPS) is 14.0. The summed E-state index contributed by atoms with van der Waals surface area (Å²) < 4.78 is 0. The summed E-state index contributed by atoms with van der Waals surface area (Å²) in [6.07, 6.45) is 0. The second kappa shape index (κ2) is 4.58. The minimum atomic E-state index is 0.0795. The van der Waals surface area contributed by atoms with E-state index in [9.17, 15) is 0 Å². The Morgan fingerprint density at radius 1 is 1.29 bits per heavy atom. The molecule has 0 amide bonds. The molecule has 0 aromatic heterocycles. The first-order valence-electron chi connectivity index (χ1n) is 5.03. The van der Waals surface area contributed by atoms with Crippen LogP contribution in [0.2, 0.25) is 0 Å². The third kappa shape index (κ3) is 2.56. The lowest BCUT2D eigenvalue weighted by atomic mass is 9.81. The molecule has 0 saturated carbocycles. The molecule has 78 valence electrons. The van der Waals surface area contributed by atoms with Crippen molar-refractivity contribution in [2.24, 2.45) is 11.1 Å². The molecular formula is C12H20N2. The van der Waals surface area contributed by atoms with Crippen molar-refractivity contribution >= 4 is 0 Å². The fraction of sp³-hybridized carbons (Fsp3) is 0.500. The number of rotatable bonds is 4. The van der Waals surface area contributed by atoms with Gasteiger partial charge in [0.1, 0.15) is 0 Å². The fourth-order valence-electron chi connectivity index (χ4n) is 1.68. The zero-order valence-electron chi connectivity index (χ0n) is 9.25. The van der Waals surface area contributed by atoms with Crippen molar-refractivity contribution in [2.75, 3.05) is 13.6 Å². The van der Waals surface area contributed by atoms with E-state index in [0.717, 1.165) is 6.54 Å². The van der Waals surface area contributed by atoms with Crippen LogP contribution in [0.25, 0.3) is 0 Å². The van der Waals surface area contributed by atoms with Gasteiger partial charge in [0, 0.05) is 12.6 Å². The van der Waals surface area contributed by atoms with Gasteiger partial charge in [-0.1, -0.05) is 44.2 Å². The Bertz CT molecular complexity index is 267. The molecule has 0 fully saturated rings. The third-order valence-electron chi connectivity index (χ3n) is 2.63. The van der Waals surface area contributed by atoms with Crippen LogP contribution in [0.4, 0.5) is 0 Å². The van der Waals surface area contributed by atoms with Crippen molar-refractivity contribution in [3.05, 3.63) is 35.9 Å². The van der Waals surface area contributed by atoms with E-state index in [-0.39, 0.29) is 11.5 Å². The molecule has 1 atom stereocenters. The van der Waals surface area contributed by atoms with Crippen LogP contribution in [0.3, 0.4) is 0 Å². The van der Waals surface area contributed by atoms with E-state index in [2.05, 4.69) is 31.3 Å². The van der Waals surface area contributed by atoms with Crippen molar-refractivity contribution < 1.29 is 0 Å². The highest BCUT2D eigenvalue weighted by molar-refractivity contribution is 5.20. The fourth-order valence-corrected chi connectivity index (χ4v) is 1.68. The Morgan fingerprint density at radius 2 is 1.86 bits per heavy atom. The molecule has 0 heterocycles. The summed E-state index contributed by atoms with van der Waals surface area (Å²) >= 11 is 0. The predicted molar refractivity (Wildman–Crippen MR) is 61.1 cm³/mol.